The van der Waals surface area contributed by atoms with Gasteiger partial charge in [0.15, 0.2) is 10.8 Å². The highest BCUT2D eigenvalue weighted by molar-refractivity contribution is 7.13. The summed E-state index contributed by atoms with van der Waals surface area (Å²) in [4.78, 5) is 13.6. The minimum absolute atomic E-state index is 0.638. The minimum atomic E-state index is 0.638. The first-order chi connectivity index (χ1) is 12.3. The Morgan fingerprint density at radius 3 is 2.84 bits per heavy atom. The van der Waals surface area contributed by atoms with E-state index in [2.05, 4.69) is 31.2 Å². The van der Waals surface area contributed by atoms with E-state index in [-0.39, 0.29) is 0 Å². The summed E-state index contributed by atoms with van der Waals surface area (Å²) in [5, 5.41) is 12.3. The summed E-state index contributed by atoms with van der Waals surface area (Å²) in [5.74, 6) is 1.61. The lowest BCUT2D eigenvalue weighted by atomic mass is 10.2. The molecular weight excluding hydrogens is 334 g/mol. The maximum atomic E-state index is 9.23. The van der Waals surface area contributed by atoms with E-state index in [1.165, 1.54) is 0 Å². The Balaban J connectivity index is 1.37. The third kappa shape index (κ3) is 3.40. The Bertz CT molecular complexity index is 875. The van der Waals surface area contributed by atoms with Gasteiger partial charge < -0.3 is 9.32 Å². The topological polar surface area (TPSA) is 69.2 Å². The molecule has 0 saturated carbocycles. The maximum Gasteiger partial charge on any atom is 0.162 e. The zero-order valence-corrected chi connectivity index (χ0v) is 14.4. The average Bonchev–Trinajstić information content (AvgIpc) is 3.34. The van der Waals surface area contributed by atoms with Crippen LogP contribution in [-0.2, 0) is 6.54 Å². The van der Waals surface area contributed by atoms with Crippen molar-refractivity contribution in [2.75, 3.05) is 31.1 Å². The van der Waals surface area contributed by atoms with Crippen LogP contribution in [0.1, 0.15) is 11.3 Å². The second kappa shape index (κ2) is 7.05. The summed E-state index contributed by atoms with van der Waals surface area (Å²) < 4.78 is 5.40. The molecule has 1 saturated heterocycles. The maximum absolute atomic E-state index is 9.23. The van der Waals surface area contributed by atoms with Crippen molar-refractivity contribution < 1.29 is 4.42 Å². The van der Waals surface area contributed by atoms with E-state index in [1.807, 2.05) is 18.2 Å². The van der Waals surface area contributed by atoms with E-state index in [0.29, 0.717) is 5.56 Å². The van der Waals surface area contributed by atoms with Gasteiger partial charge in [0.05, 0.1) is 17.5 Å². The summed E-state index contributed by atoms with van der Waals surface area (Å²) in [7, 11) is 0. The molecule has 25 heavy (non-hydrogen) atoms. The summed E-state index contributed by atoms with van der Waals surface area (Å²) in [6.07, 6.45) is 3.41. The van der Waals surface area contributed by atoms with E-state index in [0.717, 1.165) is 55.0 Å². The molecule has 1 fully saturated rings. The molecule has 0 N–H and O–H groups in total. The molecule has 0 radical (unpaired) electrons. The van der Waals surface area contributed by atoms with Gasteiger partial charge in [-0.15, -0.1) is 11.3 Å². The number of nitrogens with zero attached hydrogens (tertiary/aromatic N) is 5. The molecular formula is C18H17N5OS. The quantitative estimate of drug-likeness (QED) is 0.720. The molecule has 1 aliphatic rings. The Morgan fingerprint density at radius 2 is 2.08 bits per heavy atom. The average molecular weight is 351 g/mol. The van der Waals surface area contributed by atoms with Gasteiger partial charge in [0.2, 0.25) is 0 Å². The standard InChI is InChI=1S/C18H17N5OS/c19-11-14-3-1-5-20-17(14)23-8-6-22(7-9-23)12-15-13-25-18(21-15)16-4-2-10-24-16/h1-5,10,13H,6-9,12H2. The molecule has 4 rings (SSSR count). The van der Waals surface area contributed by atoms with E-state index in [9.17, 15) is 5.26 Å². The molecule has 6 nitrogen and oxygen atoms in total. The Hall–Kier alpha value is -2.69. The highest BCUT2D eigenvalue weighted by Crippen LogP contribution is 2.25. The van der Waals surface area contributed by atoms with Gasteiger partial charge in [-0.05, 0) is 24.3 Å². The van der Waals surface area contributed by atoms with E-state index in [4.69, 9.17) is 4.42 Å². The lowest BCUT2D eigenvalue weighted by Crippen LogP contribution is -2.46. The molecule has 126 valence electrons. The lowest BCUT2D eigenvalue weighted by molar-refractivity contribution is 0.247. The molecule has 0 atom stereocenters. The van der Waals surface area contributed by atoms with Gasteiger partial charge in [-0.1, -0.05) is 0 Å². The van der Waals surface area contributed by atoms with Crippen molar-refractivity contribution in [3.63, 3.8) is 0 Å². The fourth-order valence-electron chi connectivity index (χ4n) is 2.98. The van der Waals surface area contributed by atoms with Crippen molar-refractivity contribution in [2.24, 2.45) is 0 Å². The Morgan fingerprint density at radius 1 is 1.20 bits per heavy atom. The summed E-state index contributed by atoms with van der Waals surface area (Å²) in [6, 6.07) is 9.66. The van der Waals surface area contributed by atoms with Gasteiger partial charge in [-0.3, -0.25) is 4.90 Å². The number of nitriles is 1. The molecule has 7 heteroatoms. The number of hydrogen-bond acceptors (Lipinski definition) is 7. The second-order valence-electron chi connectivity index (χ2n) is 5.87. The number of pyridine rings is 1. The molecule has 1 aliphatic heterocycles. The van der Waals surface area contributed by atoms with Crippen LogP contribution in [0.25, 0.3) is 10.8 Å². The lowest BCUT2D eigenvalue weighted by Gasteiger charge is -2.35. The zero-order chi connectivity index (χ0) is 17.1. The molecule has 0 aliphatic carbocycles. The molecule has 3 aromatic rings. The van der Waals surface area contributed by atoms with Crippen molar-refractivity contribution in [3.05, 3.63) is 53.4 Å². The van der Waals surface area contributed by atoms with E-state index >= 15 is 0 Å². The molecule has 4 heterocycles. The second-order valence-corrected chi connectivity index (χ2v) is 6.73. The Labute approximate surface area is 150 Å². The Kier molecular flexibility index (Phi) is 4.46. The van der Waals surface area contributed by atoms with Gasteiger partial charge in [0, 0.05) is 44.3 Å². The summed E-state index contributed by atoms with van der Waals surface area (Å²) in [6.45, 7) is 4.41. The van der Waals surface area contributed by atoms with Crippen molar-refractivity contribution >= 4 is 17.2 Å². The number of piperazine rings is 1. The number of thiazole rings is 1. The predicted molar refractivity (Wildman–Crippen MR) is 96.3 cm³/mol. The van der Waals surface area contributed by atoms with Crippen LogP contribution in [0, 0.1) is 11.3 Å². The molecule has 0 bridgehead atoms. The largest absolute Gasteiger partial charge is 0.462 e. The number of furan rings is 1. The van der Waals surface area contributed by atoms with Crippen LogP contribution in [0.15, 0.2) is 46.5 Å². The van der Waals surface area contributed by atoms with E-state index in [1.54, 1.807) is 29.9 Å². The van der Waals surface area contributed by atoms with Gasteiger partial charge >= 0.3 is 0 Å². The predicted octanol–water partition coefficient (Wildman–Crippen LogP) is 2.99. The number of aromatic nitrogens is 2. The van der Waals surface area contributed by atoms with Crippen LogP contribution < -0.4 is 4.90 Å². The van der Waals surface area contributed by atoms with Gasteiger partial charge in [0.25, 0.3) is 0 Å². The molecule has 0 spiro atoms. The third-order valence-corrected chi connectivity index (χ3v) is 5.15. The fourth-order valence-corrected chi connectivity index (χ4v) is 3.75. The highest BCUT2D eigenvalue weighted by atomic mass is 32.1. The van der Waals surface area contributed by atoms with Crippen LogP contribution in [-0.4, -0.2) is 41.0 Å². The van der Waals surface area contributed by atoms with Crippen LogP contribution in [0.2, 0.25) is 0 Å². The van der Waals surface area contributed by atoms with Crippen molar-refractivity contribution in [1.29, 1.82) is 5.26 Å². The third-order valence-electron chi connectivity index (χ3n) is 4.25. The van der Waals surface area contributed by atoms with Gasteiger partial charge in [-0.2, -0.15) is 5.26 Å². The zero-order valence-electron chi connectivity index (χ0n) is 13.6. The molecule has 0 unspecified atom stereocenters. The number of hydrogen-bond donors (Lipinski definition) is 0. The minimum Gasteiger partial charge on any atom is -0.462 e. The van der Waals surface area contributed by atoms with Crippen LogP contribution in [0.5, 0.6) is 0 Å². The van der Waals surface area contributed by atoms with Gasteiger partial charge in [-0.25, -0.2) is 9.97 Å². The monoisotopic (exact) mass is 351 g/mol. The molecule has 0 aromatic carbocycles. The van der Waals surface area contributed by atoms with Crippen molar-refractivity contribution in [2.45, 2.75) is 6.54 Å². The number of anilines is 1. The summed E-state index contributed by atoms with van der Waals surface area (Å²) >= 11 is 1.61. The normalized spacial score (nSPS) is 15.2. The van der Waals surface area contributed by atoms with Crippen LogP contribution in [0.3, 0.4) is 0 Å². The first-order valence-corrected chi connectivity index (χ1v) is 9.02. The first-order valence-electron chi connectivity index (χ1n) is 8.14. The van der Waals surface area contributed by atoms with Gasteiger partial charge in [0.1, 0.15) is 11.9 Å². The van der Waals surface area contributed by atoms with Crippen LogP contribution >= 0.6 is 11.3 Å². The highest BCUT2D eigenvalue weighted by Gasteiger charge is 2.21. The fraction of sp³-hybridized carbons (Fsp3) is 0.278. The van der Waals surface area contributed by atoms with Crippen LogP contribution in [0.4, 0.5) is 5.82 Å². The van der Waals surface area contributed by atoms with E-state index < -0.39 is 0 Å². The van der Waals surface area contributed by atoms with Crippen molar-refractivity contribution in [1.82, 2.24) is 14.9 Å². The van der Waals surface area contributed by atoms with Crippen molar-refractivity contribution in [3.8, 4) is 16.8 Å². The molecule has 0 amide bonds. The molecule has 3 aromatic heterocycles. The summed E-state index contributed by atoms with van der Waals surface area (Å²) in [5.41, 5.74) is 1.71. The SMILES string of the molecule is N#Cc1cccnc1N1CCN(Cc2csc(-c3ccco3)n2)CC1. The smallest absolute Gasteiger partial charge is 0.162 e. The number of rotatable bonds is 4. The first kappa shape index (κ1) is 15.8.